The molecule has 1 rings (SSSR count). The van der Waals surface area contributed by atoms with Crippen molar-refractivity contribution in [2.75, 3.05) is 6.54 Å². The molecule has 0 spiro atoms. The molecule has 0 saturated carbocycles. The fraction of sp³-hybridized carbons (Fsp3) is 0.733. The Balaban J connectivity index is 3.03. The quantitative estimate of drug-likeness (QED) is 0.798. The number of nitrogens with one attached hydrogen (secondary N) is 1. The van der Waals surface area contributed by atoms with Gasteiger partial charge in [0, 0.05) is 11.6 Å². The summed E-state index contributed by atoms with van der Waals surface area (Å²) in [5.74, 6) is 2.77. The van der Waals surface area contributed by atoms with Crippen molar-refractivity contribution in [3.8, 4) is 0 Å². The van der Waals surface area contributed by atoms with Crippen molar-refractivity contribution in [3.05, 3.63) is 22.6 Å². The predicted octanol–water partition coefficient (Wildman–Crippen LogP) is 4.29. The molecule has 1 N–H and O–H groups in total. The van der Waals surface area contributed by atoms with E-state index < -0.39 is 0 Å². The topological polar surface area (TPSA) is 25.2 Å². The van der Waals surface area contributed by atoms with Crippen molar-refractivity contribution in [3.63, 3.8) is 0 Å². The summed E-state index contributed by atoms with van der Waals surface area (Å²) >= 11 is 0. The van der Waals surface area contributed by atoms with Crippen LogP contribution in [0, 0.1) is 26.7 Å². The average Bonchev–Trinajstić information content (AvgIpc) is 2.55. The van der Waals surface area contributed by atoms with Crippen molar-refractivity contribution in [1.29, 1.82) is 0 Å². The highest BCUT2D eigenvalue weighted by atomic mass is 16.3. The minimum absolute atomic E-state index is 0.428. The molecule has 0 aliphatic carbocycles. The van der Waals surface area contributed by atoms with E-state index in [0.717, 1.165) is 18.1 Å². The molecule has 2 unspecified atom stereocenters. The molecule has 0 radical (unpaired) electrons. The highest BCUT2D eigenvalue weighted by molar-refractivity contribution is 5.34. The lowest BCUT2D eigenvalue weighted by Gasteiger charge is -2.25. The van der Waals surface area contributed by atoms with Crippen LogP contribution in [0.3, 0.4) is 0 Å². The highest BCUT2D eigenvalue weighted by Gasteiger charge is 2.24. The van der Waals surface area contributed by atoms with Gasteiger partial charge in [-0.15, -0.1) is 0 Å². The smallest absolute Gasteiger partial charge is 0.106 e. The van der Waals surface area contributed by atoms with Crippen LogP contribution in [0.5, 0.6) is 0 Å². The van der Waals surface area contributed by atoms with Crippen molar-refractivity contribution in [1.82, 2.24) is 5.32 Å². The van der Waals surface area contributed by atoms with E-state index in [1.54, 1.807) is 0 Å². The molecule has 0 bridgehead atoms. The molecule has 1 aromatic heterocycles. The second kappa shape index (κ2) is 6.25. The first kappa shape index (κ1) is 14.3. The van der Waals surface area contributed by atoms with Gasteiger partial charge in [0.05, 0.1) is 0 Å². The molecule has 0 fully saturated rings. The van der Waals surface area contributed by atoms with Gasteiger partial charge in [-0.25, -0.2) is 0 Å². The predicted molar refractivity (Wildman–Crippen MR) is 73.4 cm³/mol. The van der Waals surface area contributed by atoms with E-state index in [4.69, 9.17) is 4.42 Å². The van der Waals surface area contributed by atoms with Crippen LogP contribution in [-0.2, 0) is 0 Å². The Kier molecular flexibility index (Phi) is 5.26. The van der Waals surface area contributed by atoms with E-state index in [9.17, 15) is 0 Å². The molecular formula is C15H27NO. The normalized spacial score (nSPS) is 14.9. The Morgan fingerprint density at radius 2 is 1.76 bits per heavy atom. The van der Waals surface area contributed by atoms with Crippen LogP contribution in [-0.4, -0.2) is 6.54 Å². The zero-order chi connectivity index (χ0) is 13.0. The monoisotopic (exact) mass is 237 g/mol. The second-order valence-electron chi connectivity index (χ2n) is 5.07. The van der Waals surface area contributed by atoms with Gasteiger partial charge in [0.25, 0.3) is 0 Å². The molecule has 0 saturated heterocycles. The minimum Gasteiger partial charge on any atom is -0.466 e. The third kappa shape index (κ3) is 3.12. The Morgan fingerprint density at radius 1 is 1.12 bits per heavy atom. The van der Waals surface area contributed by atoms with E-state index in [1.165, 1.54) is 24.0 Å². The van der Waals surface area contributed by atoms with Crippen molar-refractivity contribution in [2.24, 2.45) is 5.92 Å². The van der Waals surface area contributed by atoms with Gasteiger partial charge >= 0.3 is 0 Å². The lowest BCUT2D eigenvalue weighted by Crippen LogP contribution is -2.28. The van der Waals surface area contributed by atoms with E-state index in [0.29, 0.717) is 12.0 Å². The number of hydrogen-bond acceptors (Lipinski definition) is 2. The molecule has 17 heavy (non-hydrogen) atoms. The summed E-state index contributed by atoms with van der Waals surface area (Å²) in [6.45, 7) is 14.2. The highest BCUT2D eigenvalue weighted by Crippen LogP contribution is 2.32. The standard InChI is InChI=1S/C15H27NO/c1-7-9-16-15(10(3)8-2)14-11(4)12(5)17-13(14)6/h10,15-16H,7-9H2,1-6H3. The van der Waals surface area contributed by atoms with Crippen LogP contribution in [0.4, 0.5) is 0 Å². The van der Waals surface area contributed by atoms with E-state index >= 15 is 0 Å². The molecule has 98 valence electrons. The van der Waals surface area contributed by atoms with Gasteiger partial charge in [-0.05, 0) is 45.2 Å². The van der Waals surface area contributed by atoms with E-state index in [1.807, 2.05) is 0 Å². The first-order chi connectivity index (χ1) is 8.02. The molecule has 0 aliphatic heterocycles. The lowest BCUT2D eigenvalue weighted by molar-refractivity contribution is 0.370. The van der Waals surface area contributed by atoms with Gasteiger partial charge in [-0.2, -0.15) is 0 Å². The first-order valence-corrected chi connectivity index (χ1v) is 6.82. The Bertz CT molecular complexity index is 354. The Hall–Kier alpha value is -0.760. The maximum Gasteiger partial charge on any atom is 0.106 e. The van der Waals surface area contributed by atoms with Gasteiger partial charge in [0.15, 0.2) is 0 Å². The van der Waals surface area contributed by atoms with Gasteiger partial charge in [0.2, 0.25) is 0 Å². The third-order valence-corrected chi connectivity index (χ3v) is 3.76. The van der Waals surface area contributed by atoms with Gasteiger partial charge in [-0.1, -0.05) is 27.2 Å². The summed E-state index contributed by atoms with van der Waals surface area (Å²) in [7, 11) is 0. The summed E-state index contributed by atoms with van der Waals surface area (Å²) < 4.78 is 5.76. The van der Waals surface area contributed by atoms with Gasteiger partial charge in [-0.3, -0.25) is 0 Å². The molecule has 2 atom stereocenters. The van der Waals surface area contributed by atoms with Crippen LogP contribution in [0.25, 0.3) is 0 Å². The van der Waals surface area contributed by atoms with Crippen molar-refractivity contribution < 1.29 is 4.42 Å². The summed E-state index contributed by atoms with van der Waals surface area (Å²) in [6.07, 6.45) is 2.35. The maximum atomic E-state index is 5.76. The zero-order valence-electron chi connectivity index (χ0n) is 12.2. The largest absolute Gasteiger partial charge is 0.466 e. The number of hydrogen-bond donors (Lipinski definition) is 1. The van der Waals surface area contributed by atoms with E-state index in [2.05, 4.69) is 46.9 Å². The fourth-order valence-corrected chi connectivity index (χ4v) is 2.39. The van der Waals surface area contributed by atoms with Crippen molar-refractivity contribution >= 4 is 0 Å². The second-order valence-corrected chi connectivity index (χ2v) is 5.07. The SMILES string of the molecule is CCCNC(c1c(C)oc(C)c1C)C(C)CC. The molecule has 1 aromatic rings. The number of furan rings is 1. The van der Waals surface area contributed by atoms with Crippen LogP contribution in [0.2, 0.25) is 0 Å². The van der Waals surface area contributed by atoms with Crippen LogP contribution < -0.4 is 5.32 Å². The van der Waals surface area contributed by atoms with Crippen molar-refractivity contribution in [2.45, 2.75) is 60.4 Å². The third-order valence-electron chi connectivity index (χ3n) is 3.76. The van der Waals surface area contributed by atoms with Crippen LogP contribution in [0.15, 0.2) is 4.42 Å². The minimum atomic E-state index is 0.428. The number of aryl methyl sites for hydroxylation is 2. The molecule has 1 heterocycles. The molecule has 0 aromatic carbocycles. The first-order valence-electron chi connectivity index (χ1n) is 6.82. The summed E-state index contributed by atoms with van der Waals surface area (Å²) in [6, 6.07) is 0.428. The summed E-state index contributed by atoms with van der Waals surface area (Å²) in [4.78, 5) is 0. The molecule has 2 heteroatoms. The van der Waals surface area contributed by atoms with Gasteiger partial charge in [0.1, 0.15) is 11.5 Å². The molecule has 0 amide bonds. The maximum absolute atomic E-state index is 5.76. The molecule has 2 nitrogen and oxygen atoms in total. The zero-order valence-corrected chi connectivity index (χ0v) is 12.2. The number of rotatable bonds is 6. The molecular weight excluding hydrogens is 210 g/mol. The Morgan fingerprint density at radius 3 is 2.18 bits per heavy atom. The average molecular weight is 237 g/mol. The van der Waals surface area contributed by atoms with Crippen LogP contribution in [0.1, 0.15) is 62.3 Å². The van der Waals surface area contributed by atoms with E-state index in [-0.39, 0.29) is 0 Å². The summed E-state index contributed by atoms with van der Waals surface area (Å²) in [5.41, 5.74) is 2.70. The Labute approximate surface area is 106 Å². The molecule has 0 aliphatic rings. The fourth-order valence-electron chi connectivity index (χ4n) is 2.39. The van der Waals surface area contributed by atoms with Crippen LogP contribution >= 0.6 is 0 Å². The van der Waals surface area contributed by atoms with Gasteiger partial charge < -0.3 is 9.73 Å². The summed E-state index contributed by atoms with van der Waals surface area (Å²) in [5, 5.41) is 3.67. The lowest BCUT2D eigenvalue weighted by atomic mass is 9.90.